The first-order valence-corrected chi connectivity index (χ1v) is 8.43. The third kappa shape index (κ3) is 3.07. The molecule has 1 fully saturated rings. The molecule has 6 heteroatoms. The molecule has 128 valence electrons. The van der Waals surface area contributed by atoms with Gasteiger partial charge in [0.2, 0.25) is 5.82 Å². The number of hydrogen-bond acceptors (Lipinski definition) is 6. The number of rotatable bonds is 4. The van der Waals surface area contributed by atoms with E-state index in [1.54, 1.807) is 7.11 Å². The zero-order valence-electron chi connectivity index (χ0n) is 14.3. The van der Waals surface area contributed by atoms with Crippen LogP contribution in [0.4, 0.5) is 6.01 Å². The van der Waals surface area contributed by atoms with Gasteiger partial charge in [-0.25, -0.2) is 0 Å². The number of ether oxygens (including phenoxy) is 1. The predicted molar refractivity (Wildman–Crippen MR) is 94.6 cm³/mol. The first kappa shape index (κ1) is 15.6. The number of pyridine rings is 1. The summed E-state index contributed by atoms with van der Waals surface area (Å²) in [6.07, 6.45) is 2.12. The van der Waals surface area contributed by atoms with E-state index in [1.165, 1.54) is 0 Å². The largest absolute Gasteiger partial charge is 0.497 e. The Morgan fingerprint density at radius 1 is 1.16 bits per heavy atom. The van der Waals surface area contributed by atoms with Gasteiger partial charge in [0.05, 0.1) is 18.8 Å². The highest BCUT2D eigenvalue weighted by molar-refractivity contribution is 5.58. The van der Waals surface area contributed by atoms with Gasteiger partial charge in [-0.1, -0.05) is 23.4 Å². The summed E-state index contributed by atoms with van der Waals surface area (Å²) >= 11 is 0. The van der Waals surface area contributed by atoms with Gasteiger partial charge >= 0.3 is 6.01 Å². The topological polar surface area (TPSA) is 64.3 Å². The van der Waals surface area contributed by atoms with E-state index in [9.17, 15) is 0 Å². The van der Waals surface area contributed by atoms with E-state index < -0.39 is 0 Å². The molecule has 1 unspecified atom stereocenters. The number of aromatic nitrogens is 3. The Morgan fingerprint density at radius 2 is 2.04 bits per heavy atom. The first-order chi connectivity index (χ1) is 12.2. The maximum absolute atomic E-state index is 5.55. The number of benzene rings is 1. The SMILES string of the molecule is COc1cccc(-c2noc(N3CCCC3c3cccc(C)n3)n2)c1. The lowest BCUT2D eigenvalue weighted by molar-refractivity contribution is 0.410. The van der Waals surface area contributed by atoms with Crippen molar-refractivity contribution in [2.75, 3.05) is 18.6 Å². The Labute approximate surface area is 146 Å². The number of hydrogen-bond donors (Lipinski definition) is 0. The van der Waals surface area contributed by atoms with Crippen molar-refractivity contribution in [1.82, 2.24) is 15.1 Å². The van der Waals surface area contributed by atoms with Gasteiger partial charge in [-0.2, -0.15) is 4.98 Å². The molecule has 0 spiro atoms. The fraction of sp³-hybridized carbons (Fsp3) is 0.316. The standard InChI is InChI=1S/C19H20N4O2/c1-13-6-3-9-16(20-13)17-10-5-11-23(17)19-21-18(22-25-19)14-7-4-8-15(12-14)24-2/h3-4,6-9,12,17H,5,10-11H2,1-2H3. The molecular formula is C19H20N4O2. The second-order valence-corrected chi connectivity index (χ2v) is 6.19. The summed E-state index contributed by atoms with van der Waals surface area (Å²) < 4.78 is 10.8. The normalized spacial score (nSPS) is 17.0. The van der Waals surface area contributed by atoms with Gasteiger partial charge in [0.1, 0.15) is 5.75 Å². The van der Waals surface area contributed by atoms with Crippen LogP contribution in [-0.2, 0) is 0 Å². The Balaban J connectivity index is 1.62. The summed E-state index contributed by atoms with van der Waals surface area (Å²) in [6, 6.07) is 14.5. The predicted octanol–water partition coefficient (Wildman–Crippen LogP) is 3.79. The van der Waals surface area contributed by atoms with E-state index in [2.05, 4.69) is 26.1 Å². The molecule has 0 saturated carbocycles. The average Bonchev–Trinajstić information content (AvgIpc) is 3.31. The van der Waals surface area contributed by atoms with E-state index >= 15 is 0 Å². The zero-order valence-corrected chi connectivity index (χ0v) is 14.3. The number of anilines is 1. The van der Waals surface area contributed by atoms with Crippen LogP contribution in [0.5, 0.6) is 5.75 Å². The number of methoxy groups -OCH3 is 1. The van der Waals surface area contributed by atoms with E-state index in [4.69, 9.17) is 9.26 Å². The lowest BCUT2D eigenvalue weighted by Crippen LogP contribution is -2.23. The lowest BCUT2D eigenvalue weighted by Gasteiger charge is -2.21. The summed E-state index contributed by atoms with van der Waals surface area (Å²) in [4.78, 5) is 11.4. The molecule has 3 aromatic rings. The summed E-state index contributed by atoms with van der Waals surface area (Å²) in [5, 5.41) is 4.15. The van der Waals surface area contributed by atoms with Crippen molar-refractivity contribution in [2.24, 2.45) is 0 Å². The van der Waals surface area contributed by atoms with Crippen LogP contribution in [0.2, 0.25) is 0 Å². The molecule has 4 rings (SSSR count). The van der Waals surface area contributed by atoms with Crippen LogP contribution in [-0.4, -0.2) is 28.8 Å². The van der Waals surface area contributed by atoms with Crippen molar-refractivity contribution >= 4 is 6.01 Å². The average molecular weight is 336 g/mol. The molecule has 1 saturated heterocycles. The van der Waals surface area contributed by atoms with Gasteiger partial charge in [0.25, 0.3) is 0 Å². The molecule has 2 aromatic heterocycles. The minimum absolute atomic E-state index is 0.179. The molecule has 1 atom stereocenters. The van der Waals surface area contributed by atoms with Crippen LogP contribution in [0.15, 0.2) is 47.0 Å². The smallest absolute Gasteiger partial charge is 0.324 e. The van der Waals surface area contributed by atoms with Gasteiger partial charge in [0.15, 0.2) is 0 Å². The van der Waals surface area contributed by atoms with Crippen LogP contribution in [0.25, 0.3) is 11.4 Å². The van der Waals surface area contributed by atoms with Gasteiger partial charge < -0.3 is 14.2 Å². The van der Waals surface area contributed by atoms with Gasteiger partial charge in [-0.15, -0.1) is 0 Å². The summed E-state index contributed by atoms with van der Waals surface area (Å²) in [7, 11) is 1.64. The first-order valence-electron chi connectivity index (χ1n) is 8.43. The molecule has 1 aliphatic rings. The van der Waals surface area contributed by atoms with E-state index in [-0.39, 0.29) is 6.04 Å². The molecule has 0 aliphatic carbocycles. The summed E-state index contributed by atoms with van der Waals surface area (Å²) in [5.74, 6) is 1.34. The molecule has 6 nitrogen and oxygen atoms in total. The molecule has 25 heavy (non-hydrogen) atoms. The van der Waals surface area contributed by atoms with Crippen LogP contribution in [0.3, 0.4) is 0 Å². The van der Waals surface area contributed by atoms with Crippen molar-refractivity contribution in [3.8, 4) is 17.1 Å². The van der Waals surface area contributed by atoms with Crippen LogP contribution < -0.4 is 9.64 Å². The fourth-order valence-electron chi connectivity index (χ4n) is 3.26. The van der Waals surface area contributed by atoms with Crippen molar-refractivity contribution in [3.05, 3.63) is 53.9 Å². The minimum atomic E-state index is 0.179. The van der Waals surface area contributed by atoms with E-state index in [0.717, 1.165) is 42.1 Å². The van der Waals surface area contributed by atoms with Gasteiger partial charge in [-0.05, 0) is 44.0 Å². The summed E-state index contributed by atoms with van der Waals surface area (Å²) in [6.45, 7) is 2.90. The molecular weight excluding hydrogens is 316 g/mol. The molecule has 3 heterocycles. The molecule has 1 aliphatic heterocycles. The highest BCUT2D eigenvalue weighted by Gasteiger charge is 2.31. The lowest BCUT2D eigenvalue weighted by atomic mass is 10.1. The molecule has 0 bridgehead atoms. The van der Waals surface area contributed by atoms with E-state index in [0.29, 0.717) is 11.8 Å². The van der Waals surface area contributed by atoms with E-state index in [1.807, 2.05) is 43.3 Å². The number of aryl methyl sites for hydroxylation is 1. The Bertz CT molecular complexity index is 877. The van der Waals surface area contributed by atoms with Crippen molar-refractivity contribution < 1.29 is 9.26 Å². The maximum atomic E-state index is 5.55. The monoisotopic (exact) mass is 336 g/mol. The Kier molecular flexibility index (Phi) is 4.09. The van der Waals surface area contributed by atoms with Crippen LogP contribution in [0.1, 0.15) is 30.3 Å². The quantitative estimate of drug-likeness (QED) is 0.722. The van der Waals surface area contributed by atoms with Crippen molar-refractivity contribution in [3.63, 3.8) is 0 Å². The molecule has 0 radical (unpaired) electrons. The van der Waals surface area contributed by atoms with Crippen LogP contribution >= 0.6 is 0 Å². The second-order valence-electron chi connectivity index (χ2n) is 6.19. The number of nitrogens with zero attached hydrogens (tertiary/aromatic N) is 4. The third-order valence-electron chi connectivity index (χ3n) is 4.49. The zero-order chi connectivity index (χ0) is 17.2. The Morgan fingerprint density at radius 3 is 2.88 bits per heavy atom. The van der Waals surface area contributed by atoms with Gasteiger partial charge in [-0.3, -0.25) is 4.98 Å². The molecule has 1 aromatic carbocycles. The Hall–Kier alpha value is -2.89. The second kappa shape index (κ2) is 6.55. The highest BCUT2D eigenvalue weighted by Crippen LogP contribution is 2.35. The molecule has 0 N–H and O–H groups in total. The summed E-state index contributed by atoms with van der Waals surface area (Å²) in [5.41, 5.74) is 2.95. The van der Waals surface area contributed by atoms with Crippen LogP contribution in [0, 0.1) is 6.92 Å². The highest BCUT2D eigenvalue weighted by atomic mass is 16.5. The maximum Gasteiger partial charge on any atom is 0.324 e. The van der Waals surface area contributed by atoms with Crippen molar-refractivity contribution in [2.45, 2.75) is 25.8 Å². The molecule has 0 amide bonds. The minimum Gasteiger partial charge on any atom is -0.497 e. The van der Waals surface area contributed by atoms with Crippen molar-refractivity contribution in [1.29, 1.82) is 0 Å². The van der Waals surface area contributed by atoms with Gasteiger partial charge in [0, 0.05) is 17.8 Å². The fourth-order valence-corrected chi connectivity index (χ4v) is 3.26. The third-order valence-corrected chi connectivity index (χ3v) is 4.49.